The lowest BCUT2D eigenvalue weighted by atomic mass is 10.3. The van der Waals surface area contributed by atoms with Crippen LogP contribution in [0.25, 0.3) is 0 Å². The molecule has 2 N–H and O–H groups in total. The minimum Gasteiger partial charge on any atom is -0.330 e. The van der Waals surface area contributed by atoms with Crippen LogP contribution in [0.15, 0.2) is 0 Å². The van der Waals surface area contributed by atoms with Gasteiger partial charge >= 0.3 is 0 Å². The van der Waals surface area contributed by atoms with Gasteiger partial charge in [-0.3, -0.25) is 0 Å². The van der Waals surface area contributed by atoms with E-state index in [4.69, 9.17) is 5.73 Å². The van der Waals surface area contributed by atoms with Crippen molar-refractivity contribution in [2.24, 2.45) is 5.73 Å². The number of imidazole rings is 1. The predicted molar refractivity (Wildman–Crippen MR) is 52.7 cm³/mol. The van der Waals surface area contributed by atoms with Crippen molar-refractivity contribution in [3.8, 4) is 0 Å². The molecule has 1 heterocycles. The summed E-state index contributed by atoms with van der Waals surface area (Å²) in [6.45, 7) is 4.93. The minimum absolute atomic E-state index is 0.697. The summed E-state index contributed by atoms with van der Waals surface area (Å²) in [4.78, 5) is 4.54. The van der Waals surface area contributed by atoms with Crippen LogP contribution < -0.4 is 5.73 Å². The smallest absolute Gasteiger partial charge is 0.110 e. The first-order chi connectivity index (χ1) is 6.24. The SMILES string of the molecule is Cc1nc(CCN)n(C2CC2)c1C. The van der Waals surface area contributed by atoms with E-state index in [9.17, 15) is 0 Å². The van der Waals surface area contributed by atoms with E-state index in [2.05, 4.69) is 23.4 Å². The highest BCUT2D eigenvalue weighted by Gasteiger charge is 2.27. The third kappa shape index (κ3) is 1.48. The van der Waals surface area contributed by atoms with Crippen LogP contribution in [-0.4, -0.2) is 16.1 Å². The van der Waals surface area contributed by atoms with Crippen molar-refractivity contribution < 1.29 is 0 Å². The van der Waals surface area contributed by atoms with Gasteiger partial charge in [-0.25, -0.2) is 4.98 Å². The van der Waals surface area contributed by atoms with Crippen molar-refractivity contribution in [3.05, 3.63) is 17.2 Å². The number of hydrogen-bond donors (Lipinski definition) is 1. The molecule has 1 aromatic rings. The fourth-order valence-electron chi connectivity index (χ4n) is 1.82. The Kier molecular flexibility index (Phi) is 2.12. The molecule has 3 nitrogen and oxygen atoms in total. The third-order valence-electron chi connectivity index (χ3n) is 2.74. The van der Waals surface area contributed by atoms with E-state index in [1.165, 1.54) is 24.4 Å². The highest BCUT2D eigenvalue weighted by molar-refractivity contribution is 5.17. The van der Waals surface area contributed by atoms with Gasteiger partial charge in [0.05, 0.1) is 5.69 Å². The van der Waals surface area contributed by atoms with Crippen LogP contribution in [0, 0.1) is 13.8 Å². The Labute approximate surface area is 79.0 Å². The Morgan fingerprint density at radius 1 is 1.46 bits per heavy atom. The normalized spacial score (nSPS) is 16.5. The molecular weight excluding hydrogens is 162 g/mol. The monoisotopic (exact) mass is 179 g/mol. The van der Waals surface area contributed by atoms with Crippen LogP contribution in [0.5, 0.6) is 0 Å². The highest BCUT2D eigenvalue weighted by atomic mass is 15.1. The van der Waals surface area contributed by atoms with E-state index in [1.54, 1.807) is 0 Å². The molecule has 0 unspecified atom stereocenters. The Hall–Kier alpha value is -0.830. The molecular formula is C10H17N3. The van der Waals surface area contributed by atoms with Gasteiger partial charge in [0.1, 0.15) is 5.82 Å². The summed E-state index contributed by atoms with van der Waals surface area (Å²) in [5.74, 6) is 1.18. The first-order valence-electron chi connectivity index (χ1n) is 4.98. The minimum atomic E-state index is 0.697. The number of aromatic nitrogens is 2. The molecule has 2 rings (SSSR count). The molecule has 0 aliphatic heterocycles. The number of hydrogen-bond acceptors (Lipinski definition) is 2. The largest absolute Gasteiger partial charge is 0.330 e. The van der Waals surface area contributed by atoms with Gasteiger partial charge in [0.15, 0.2) is 0 Å². The standard InChI is InChI=1S/C10H17N3/c1-7-8(2)13(9-3-4-9)10(12-7)5-6-11/h9H,3-6,11H2,1-2H3. The summed E-state index contributed by atoms with van der Waals surface area (Å²) in [5.41, 5.74) is 8.04. The molecule has 0 radical (unpaired) electrons. The molecule has 72 valence electrons. The van der Waals surface area contributed by atoms with Crippen LogP contribution in [0.3, 0.4) is 0 Å². The number of nitrogens with two attached hydrogens (primary N) is 1. The van der Waals surface area contributed by atoms with Gasteiger partial charge in [-0.2, -0.15) is 0 Å². The summed E-state index contributed by atoms with van der Waals surface area (Å²) < 4.78 is 2.38. The summed E-state index contributed by atoms with van der Waals surface area (Å²) in [6.07, 6.45) is 3.54. The molecule has 0 aromatic carbocycles. The van der Waals surface area contributed by atoms with Crippen molar-refractivity contribution in [2.45, 2.75) is 39.2 Å². The first kappa shape index (κ1) is 8.75. The quantitative estimate of drug-likeness (QED) is 0.761. The molecule has 1 fully saturated rings. The zero-order valence-electron chi connectivity index (χ0n) is 8.38. The second-order valence-corrected chi connectivity index (χ2v) is 3.84. The molecule has 0 bridgehead atoms. The van der Waals surface area contributed by atoms with Crippen molar-refractivity contribution in [3.63, 3.8) is 0 Å². The zero-order valence-corrected chi connectivity index (χ0v) is 8.38. The van der Waals surface area contributed by atoms with Crippen molar-refractivity contribution in [1.29, 1.82) is 0 Å². The Morgan fingerprint density at radius 3 is 2.69 bits per heavy atom. The number of nitrogens with zero attached hydrogens (tertiary/aromatic N) is 2. The zero-order chi connectivity index (χ0) is 9.42. The lowest BCUT2D eigenvalue weighted by molar-refractivity contribution is 0.660. The van der Waals surface area contributed by atoms with Gasteiger partial charge < -0.3 is 10.3 Å². The van der Waals surface area contributed by atoms with Gasteiger partial charge in [0.2, 0.25) is 0 Å². The van der Waals surface area contributed by atoms with Gasteiger partial charge in [0.25, 0.3) is 0 Å². The summed E-state index contributed by atoms with van der Waals surface area (Å²) in [7, 11) is 0. The van der Waals surface area contributed by atoms with Crippen molar-refractivity contribution >= 4 is 0 Å². The van der Waals surface area contributed by atoms with E-state index in [0.29, 0.717) is 6.54 Å². The van der Waals surface area contributed by atoms with Gasteiger partial charge in [-0.1, -0.05) is 0 Å². The number of rotatable bonds is 3. The maximum atomic E-state index is 5.56. The van der Waals surface area contributed by atoms with Crippen LogP contribution in [0.4, 0.5) is 0 Å². The topological polar surface area (TPSA) is 43.8 Å². The fraction of sp³-hybridized carbons (Fsp3) is 0.700. The van der Waals surface area contributed by atoms with Gasteiger partial charge in [-0.15, -0.1) is 0 Å². The van der Waals surface area contributed by atoms with Crippen LogP contribution >= 0.6 is 0 Å². The van der Waals surface area contributed by atoms with Crippen LogP contribution in [0.2, 0.25) is 0 Å². The molecule has 0 atom stereocenters. The van der Waals surface area contributed by atoms with E-state index in [-0.39, 0.29) is 0 Å². The van der Waals surface area contributed by atoms with Crippen LogP contribution in [-0.2, 0) is 6.42 Å². The summed E-state index contributed by atoms with van der Waals surface area (Å²) >= 11 is 0. The first-order valence-corrected chi connectivity index (χ1v) is 4.98. The predicted octanol–water partition coefficient (Wildman–Crippen LogP) is 1.34. The van der Waals surface area contributed by atoms with E-state index in [0.717, 1.165) is 18.2 Å². The Bertz CT molecular complexity index is 310. The molecule has 1 aliphatic carbocycles. The van der Waals surface area contributed by atoms with Crippen LogP contribution in [0.1, 0.15) is 36.1 Å². The molecule has 1 saturated carbocycles. The van der Waals surface area contributed by atoms with E-state index in [1.807, 2.05) is 0 Å². The third-order valence-corrected chi connectivity index (χ3v) is 2.74. The van der Waals surface area contributed by atoms with E-state index >= 15 is 0 Å². The maximum absolute atomic E-state index is 5.56. The molecule has 13 heavy (non-hydrogen) atoms. The second kappa shape index (κ2) is 3.14. The average Bonchev–Trinajstić information content (AvgIpc) is 2.85. The molecule has 3 heteroatoms. The Balaban J connectivity index is 2.36. The molecule has 1 aliphatic rings. The lowest BCUT2D eigenvalue weighted by Gasteiger charge is -2.07. The van der Waals surface area contributed by atoms with Crippen molar-refractivity contribution in [2.75, 3.05) is 6.54 Å². The molecule has 0 saturated heterocycles. The molecule has 0 amide bonds. The van der Waals surface area contributed by atoms with Gasteiger partial charge in [0, 0.05) is 18.2 Å². The van der Waals surface area contributed by atoms with E-state index < -0.39 is 0 Å². The number of aryl methyl sites for hydroxylation is 1. The Morgan fingerprint density at radius 2 is 2.15 bits per heavy atom. The second-order valence-electron chi connectivity index (χ2n) is 3.84. The molecule has 0 spiro atoms. The molecule has 1 aromatic heterocycles. The highest BCUT2D eigenvalue weighted by Crippen LogP contribution is 2.37. The fourth-order valence-corrected chi connectivity index (χ4v) is 1.82. The lowest BCUT2D eigenvalue weighted by Crippen LogP contribution is -2.10. The van der Waals surface area contributed by atoms with Crippen molar-refractivity contribution in [1.82, 2.24) is 9.55 Å². The van der Waals surface area contributed by atoms with Gasteiger partial charge in [-0.05, 0) is 33.2 Å². The summed E-state index contributed by atoms with van der Waals surface area (Å²) in [5, 5.41) is 0. The summed E-state index contributed by atoms with van der Waals surface area (Å²) in [6, 6.07) is 0.725. The average molecular weight is 179 g/mol. The maximum Gasteiger partial charge on any atom is 0.110 e.